The Labute approximate surface area is 181 Å². The first-order valence-corrected chi connectivity index (χ1v) is 11.7. The summed E-state index contributed by atoms with van der Waals surface area (Å²) in [5.74, 6) is 0. The van der Waals surface area contributed by atoms with Crippen LogP contribution in [-0.2, 0) is 10.0 Å². The number of hydrogen-bond donors (Lipinski definition) is 1. The fourth-order valence-corrected chi connectivity index (χ4v) is 4.09. The lowest BCUT2D eigenvalue weighted by Gasteiger charge is -2.34. The number of rotatable bonds is 6. The van der Waals surface area contributed by atoms with Gasteiger partial charge in [0, 0.05) is 10.8 Å². The molecule has 0 fully saturated rings. The molecule has 0 bridgehead atoms. The van der Waals surface area contributed by atoms with Crippen LogP contribution >= 0.6 is 0 Å². The molecule has 0 aliphatic heterocycles. The fraction of sp³-hybridized carbons (Fsp3) is 0.409. The minimum atomic E-state index is -5.51. The van der Waals surface area contributed by atoms with Gasteiger partial charge in [-0.3, -0.25) is 4.72 Å². The van der Waals surface area contributed by atoms with E-state index in [-0.39, 0.29) is 5.69 Å². The van der Waals surface area contributed by atoms with Gasteiger partial charge < -0.3 is 4.48 Å². The molecule has 3 aromatic rings. The summed E-state index contributed by atoms with van der Waals surface area (Å²) in [4.78, 5) is 4.31. The van der Waals surface area contributed by atoms with Crippen LogP contribution in [0.1, 0.15) is 27.7 Å². The maximum atomic E-state index is 12.7. The van der Waals surface area contributed by atoms with Crippen LogP contribution in [-0.4, -0.2) is 49.6 Å². The number of aromatic nitrogens is 1. The van der Waals surface area contributed by atoms with E-state index in [1.54, 1.807) is 41.1 Å². The summed E-state index contributed by atoms with van der Waals surface area (Å²) < 4.78 is 63.8. The second-order valence-electron chi connectivity index (χ2n) is 7.18. The predicted octanol–water partition coefficient (Wildman–Crippen LogP) is 5.53. The van der Waals surface area contributed by atoms with Crippen molar-refractivity contribution in [3.63, 3.8) is 0 Å². The molecule has 170 valence electrons. The smallest absolute Gasteiger partial charge is 0.325 e. The Morgan fingerprint density at radius 3 is 1.52 bits per heavy atom. The molecule has 0 radical (unpaired) electrons. The van der Waals surface area contributed by atoms with Crippen LogP contribution in [0.4, 0.5) is 18.9 Å². The van der Waals surface area contributed by atoms with Crippen molar-refractivity contribution in [1.82, 2.24) is 4.98 Å². The Morgan fingerprint density at radius 1 is 0.806 bits per heavy atom. The van der Waals surface area contributed by atoms with Gasteiger partial charge in [-0.05, 0) is 39.8 Å². The van der Waals surface area contributed by atoms with E-state index in [1.165, 1.54) is 42.8 Å². The highest BCUT2D eigenvalue weighted by Crippen LogP contribution is 2.34. The number of anilines is 1. The van der Waals surface area contributed by atoms with Gasteiger partial charge in [-0.2, -0.15) is 21.6 Å². The summed E-state index contributed by atoms with van der Waals surface area (Å²) in [6.07, 6.45) is 0. The predicted molar refractivity (Wildman–Crippen MR) is 120 cm³/mol. The highest BCUT2D eigenvalue weighted by Gasteiger charge is 2.46. The quantitative estimate of drug-likeness (QED) is 0.392. The largest absolute Gasteiger partial charge is 0.516 e. The van der Waals surface area contributed by atoms with E-state index in [2.05, 4.69) is 32.7 Å². The number of fused-ring (bicyclic) bond motifs is 2. The molecule has 0 unspecified atom stereocenters. The average molecular weight is 457 g/mol. The first kappa shape index (κ1) is 24.9. The van der Waals surface area contributed by atoms with E-state index in [1.807, 2.05) is 0 Å². The third-order valence-electron chi connectivity index (χ3n) is 5.81. The van der Waals surface area contributed by atoms with Crippen LogP contribution in [0.3, 0.4) is 0 Å². The molecule has 2 aromatic carbocycles. The van der Waals surface area contributed by atoms with Crippen molar-refractivity contribution in [2.45, 2.75) is 33.2 Å². The Balaban J connectivity index is 0.000000323. The third-order valence-corrected chi connectivity index (χ3v) is 6.89. The molecule has 5 nitrogen and oxygen atoms in total. The van der Waals surface area contributed by atoms with Gasteiger partial charge in [0.2, 0.25) is 0 Å². The van der Waals surface area contributed by atoms with Crippen LogP contribution in [0.2, 0.25) is 0 Å². The lowest BCUT2D eigenvalue weighted by atomic mass is 10.1. The van der Waals surface area contributed by atoms with Gasteiger partial charge in [0.25, 0.3) is 0 Å². The summed E-state index contributed by atoms with van der Waals surface area (Å²) in [6, 6.07) is 12.8. The van der Waals surface area contributed by atoms with Crippen molar-refractivity contribution in [3.05, 3.63) is 48.5 Å². The van der Waals surface area contributed by atoms with Gasteiger partial charge in [-0.25, -0.2) is 4.98 Å². The van der Waals surface area contributed by atoms with E-state index in [0.717, 1.165) is 0 Å². The van der Waals surface area contributed by atoms with Gasteiger partial charge in [-0.1, -0.05) is 36.4 Å². The third kappa shape index (κ3) is 5.46. The van der Waals surface area contributed by atoms with Gasteiger partial charge in [0.1, 0.15) is 0 Å². The summed E-state index contributed by atoms with van der Waals surface area (Å²) in [6.45, 7) is 14.2. The van der Waals surface area contributed by atoms with Crippen molar-refractivity contribution in [1.29, 1.82) is 0 Å². The van der Waals surface area contributed by atoms with Crippen LogP contribution in [0.5, 0.6) is 0 Å². The Morgan fingerprint density at radius 2 is 1.19 bits per heavy atom. The average Bonchev–Trinajstić information content (AvgIpc) is 2.75. The van der Waals surface area contributed by atoms with Crippen molar-refractivity contribution in [2.75, 3.05) is 30.9 Å². The number of nitrogens with one attached hydrogen (secondary N) is 1. The molecule has 0 aliphatic rings. The van der Waals surface area contributed by atoms with Crippen LogP contribution in [0.15, 0.2) is 48.5 Å². The summed E-state index contributed by atoms with van der Waals surface area (Å²) in [7, 11) is -5.51. The van der Waals surface area contributed by atoms with Gasteiger partial charge >= 0.3 is 15.5 Å². The van der Waals surface area contributed by atoms with E-state index >= 15 is 0 Å². The molecule has 0 spiro atoms. The first-order valence-electron chi connectivity index (χ1n) is 10.3. The lowest BCUT2D eigenvalue weighted by molar-refractivity contribution is -0.921. The van der Waals surface area contributed by atoms with E-state index in [9.17, 15) is 21.6 Å². The monoisotopic (exact) mass is 456 g/mol. The number of pyridine rings is 1. The highest BCUT2D eigenvalue weighted by molar-refractivity contribution is 7.93. The number of para-hydroxylation sites is 2. The standard InChI is InChI=1S/C14H9F3N2O2S.C8H20N/c15-14(16,17)22(20,21)19-13-9-5-1-3-7-11(9)18-12-8-4-2-6-10(12)13;1-5-9(6-2,7-3)8-4/h1-8H,(H,18,19);5-8H2,1-4H3/q;+1. The number of sulfonamides is 1. The van der Waals surface area contributed by atoms with Gasteiger partial charge in [0.15, 0.2) is 0 Å². The SMILES string of the molecule is CC[N+](CC)(CC)CC.O=S(=O)(Nc1c2ccccc2nc2ccccc12)C(F)(F)F. The zero-order valence-corrected chi connectivity index (χ0v) is 19.0. The fourth-order valence-electron chi connectivity index (χ4n) is 3.48. The van der Waals surface area contributed by atoms with E-state index in [0.29, 0.717) is 21.8 Å². The number of benzene rings is 2. The first-order chi connectivity index (χ1) is 14.5. The van der Waals surface area contributed by atoms with E-state index < -0.39 is 15.5 Å². The molecule has 9 heteroatoms. The second kappa shape index (κ2) is 9.82. The topological polar surface area (TPSA) is 59.1 Å². The highest BCUT2D eigenvalue weighted by atomic mass is 32.2. The van der Waals surface area contributed by atoms with Crippen LogP contribution in [0, 0.1) is 0 Å². The molecule has 1 aromatic heterocycles. The molecule has 3 rings (SSSR count). The molecule has 0 saturated heterocycles. The normalized spacial score (nSPS) is 12.5. The molecule has 0 atom stereocenters. The van der Waals surface area contributed by atoms with Crippen molar-refractivity contribution in [2.24, 2.45) is 0 Å². The van der Waals surface area contributed by atoms with Crippen molar-refractivity contribution >= 4 is 37.5 Å². The summed E-state index contributed by atoms with van der Waals surface area (Å²) >= 11 is 0. The van der Waals surface area contributed by atoms with Crippen LogP contribution in [0.25, 0.3) is 21.8 Å². The number of quaternary nitrogens is 1. The van der Waals surface area contributed by atoms with Crippen molar-refractivity contribution in [3.8, 4) is 0 Å². The summed E-state index contributed by atoms with van der Waals surface area (Å²) in [5, 5.41) is 0.600. The Kier molecular flexibility index (Phi) is 7.88. The molecule has 31 heavy (non-hydrogen) atoms. The van der Waals surface area contributed by atoms with Crippen molar-refractivity contribution < 1.29 is 26.1 Å². The maximum Gasteiger partial charge on any atom is 0.516 e. The molecular formula is C22H29F3N3O2S+. The van der Waals surface area contributed by atoms with E-state index in [4.69, 9.17) is 0 Å². The zero-order valence-electron chi connectivity index (χ0n) is 18.2. The molecule has 0 aliphatic carbocycles. The molecule has 0 saturated carbocycles. The maximum absolute atomic E-state index is 12.7. The number of halogens is 3. The minimum absolute atomic E-state index is 0.126. The molecular weight excluding hydrogens is 427 g/mol. The summed E-state index contributed by atoms with van der Waals surface area (Å²) in [5.41, 5.74) is -4.71. The van der Waals surface area contributed by atoms with Gasteiger partial charge in [0.05, 0.1) is 42.9 Å². The second-order valence-corrected chi connectivity index (χ2v) is 8.85. The Bertz CT molecular complexity index is 1060. The number of hydrogen-bond acceptors (Lipinski definition) is 3. The number of alkyl halides is 3. The number of nitrogens with zero attached hydrogens (tertiary/aromatic N) is 2. The van der Waals surface area contributed by atoms with Gasteiger partial charge in [-0.15, -0.1) is 0 Å². The molecule has 0 amide bonds. The van der Waals surface area contributed by atoms with Crippen LogP contribution < -0.4 is 4.72 Å². The Hall–Kier alpha value is -2.39. The lowest BCUT2D eigenvalue weighted by Crippen LogP contribution is -2.47. The minimum Gasteiger partial charge on any atom is -0.325 e. The zero-order chi connectivity index (χ0) is 23.3. The molecule has 1 N–H and O–H groups in total. The molecule has 1 heterocycles.